The molecule has 0 aliphatic rings. The third kappa shape index (κ3) is 5.81. The SMILES string of the molecule is CN(COP(=O)(O)O)C(N)=O. The quantitative estimate of drug-likeness (QED) is 0.387. The number of hydrogen-bond acceptors (Lipinski definition) is 3. The number of urea groups is 1. The highest BCUT2D eigenvalue weighted by Gasteiger charge is 2.15. The zero-order chi connectivity index (χ0) is 9.07. The Morgan fingerprint density at radius 1 is 1.73 bits per heavy atom. The molecule has 0 radical (unpaired) electrons. The van der Waals surface area contributed by atoms with Gasteiger partial charge < -0.3 is 20.4 Å². The van der Waals surface area contributed by atoms with Crippen LogP contribution in [0.2, 0.25) is 0 Å². The molecular weight excluding hydrogens is 175 g/mol. The lowest BCUT2D eigenvalue weighted by molar-refractivity contribution is 0.124. The molecular formula is C3H9N2O5P. The van der Waals surface area contributed by atoms with Gasteiger partial charge in [0.05, 0.1) is 0 Å². The molecule has 0 fully saturated rings. The molecule has 0 aromatic heterocycles. The smallest absolute Gasteiger partial charge is 0.351 e. The number of primary amides is 1. The first kappa shape index (κ1) is 10.4. The van der Waals surface area contributed by atoms with E-state index in [1.165, 1.54) is 7.05 Å². The molecule has 0 atom stereocenters. The number of nitrogens with zero attached hydrogens (tertiary/aromatic N) is 1. The Morgan fingerprint density at radius 2 is 2.18 bits per heavy atom. The summed E-state index contributed by atoms with van der Waals surface area (Å²) in [7, 11) is -3.26. The summed E-state index contributed by atoms with van der Waals surface area (Å²) < 4.78 is 14.0. The topological polar surface area (TPSA) is 113 Å². The predicted octanol–water partition coefficient (Wildman–Crippen LogP) is -0.936. The molecule has 66 valence electrons. The van der Waals surface area contributed by atoms with Gasteiger partial charge in [-0.15, -0.1) is 0 Å². The summed E-state index contributed by atoms with van der Waals surface area (Å²) >= 11 is 0. The predicted molar refractivity (Wildman–Crippen MR) is 35.3 cm³/mol. The number of carbonyl (C=O) groups excluding carboxylic acids is 1. The fourth-order valence-electron chi connectivity index (χ4n) is 0.225. The summed E-state index contributed by atoms with van der Waals surface area (Å²) in [5, 5.41) is 0. The number of carbonyl (C=O) groups is 1. The minimum Gasteiger partial charge on any atom is -0.351 e. The number of rotatable bonds is 3. The molecule has 0 spiro atoms. The first-order chi connectivity index (χ1) is 4.83. The van der Waals surface area contributed by atoms with Gasteiger partial charge in [-0.05, 0) is 0 Å². The molecule has 0 aliphatic carbocycles. The van der Waals surface area contributed by atoms with Crippen molar-refractivity contribution < 1.29 is 23.7 Å². The Morgan fingerprint density at radius 3 is 2.45 bits per heavy atom. The van der Waals surface area contributed by atoms with Gasteiger partial charge in [-0.3, -0.25) is 4.52 Å². The molecule has 0 aliphatic heterocycles. The fraction of sp³-hybridized carbons (Fsp3) is 0.667. The van der Waals surface area contributed by atoms with Crippen molar-refractivity contribution in [2.75, 3.05) is 13.8 Å². The van der Waals surface area contributed by atoms with Crippen molar-refractivity contribution in [3.05, 3.63) is 0 Å². The Bertz CT molecular complexity index is 188. The van der Waals surface area contributed by atoms with Crippen LogP contribution in [0.25, 0.3) is 0 Å². The summed E-state index contributed by atoms with van der Waals surface area (Å²) in [6, 6.07) is -0.821. The van der Waals surface area contributed by atoms with E-state index in [0.717, 1.165) is 4.90 Å². The molecule has 4 N–H and O–H groups in total. The Balaban J connectivity index is 3.72. The molecule has 8 heteroatoms. The molecule has 0 saturated heterocycles. The van der Waals surface area contributed by atoms with Crippen LogP contribution in [0.1, 0.15) is 0 Å². The second kappa shape index (κ2) is 3.68. The van der Waals surface area contributed by atoms with Crippen LogP contribution in [-0.4, -0.2) is 34.5 Å². The number of phosphoric ester groups is 1. The van der Waals surface area contributed by atoms with Crippen LogP contribution in [0.15, 0.2) is 0 Å². The van der Waals surface area contributed by atoms with Crippen LogP contribution in [-0.2, 0) is 9.09 Å². The summed E-state index contributed by atoms with van der Waals surface area (Å²) in [4.78, 5) is 27.4. The zero-order valence-corrected chi connectivity index (χ0v) is 6.69. The summed E-state index contributed by atoms with van der Waals surface area (Å²) in [5.74, 6) is 0. The van der Waals surface area contributed by atoms with Gasteiger partial charge in [-0.1, -0.05) is 0 Å². The highest BCUT2D eigenvalue weighted by molar-refractivity contribution is 7.46. The number of phosphoric acid groups is 1. The van der Waals surface area contributed by atoms with E-state index in [1.54, 1.807) is 0 Å². The van der Waals surface area contributed by atoms with E-state index >= 15 is 0 Å². The Kier molecular flexibility index (Phi) is 3.47. The number of nitrogens with two attached hydrogens (primary N) is 1. The second-order valence-corrected chi connectivity index (χ2v) is 3.02. The van der Waals surface area contributed by atoms with E-state index in [1.807, 2.05) is 0 Å². The monoisotopic (exact) mass is 184 g/mol. The third-order valence-electron chi connectivity index (χ3n) is 0.796. The van der Waals surface area contributed by atoms with Crippen molar-refractivity contribution in [1.29, 1.82) is 0 Å². The molecule has 0 aromatic rings. The lowest BCUT2D eigenvalue weighted by Gasteiger charge is -2.13. The van der Waals surface area contributed by atoms with E-state index < -0.39 is 20.6 Å². The zero-order valence-electron chi connectivity index (χ0n) is 5.80. The molecule has 0 unspecified atom stereocenters. The standard InChI is InChI=1S/C3H9N2O5P/c1-5(3(4)6)2-10-11(7,8)9/h2H2,1H3,(H2,4,6)(H2,7,8,9). The van der Waals surface area contributed by atoms with Crippen molar-refractivity contribution in [3.8, 4) is 0 Å². The van der Waals surface area contributed by atoms with Gasteiger partial charge >= 0.3 is 13.9 Å². The molecule has 0 saturated carbocycles. The first-order valence-electron chi connectivity index (χ1n) is 2.53. The molecule has 0 aromatic carbocycles. The lowest BCUT2D eigenvalue weighted by atomic mass is 10.8. The lowest BCUT2D eigenvalue weighted by Crippen LogP contribution is -2.33. The maximum absolute atomic E-state index is 10.2. The Labute approximate surface area is 63.0 Å². The highest BCUT2D eigenvalue weighted by atomic mass is 31.2. The average molecular weight is 184 g/mol. The van der Waals surface area contributed by atoms with Gasteiger partial charge in [-0.2, -0.15) is 0 Å². The van der Waals surface area contributed by atoms with Gasteiger partial charge in [0.25, 0.3) is 0 Å². The molecule has 0 bridgehead atoms. The van der Waals surface area contributed by atoms with Crippen molar-refractivity contribution in [2.24, 2.45) is 5.73 Å². The molecule has 0 rings (SSSR count). The molecule has 11 heavy (non-hydrogen) atoms. The van der Waals surface area contributed by atoms with Crippen LogP contribution in [0.4, 0.5) is 4.79 Å². The van der Waals surface area contributed by atoms with Crippen molar-refractivity contribution in [3.63, 3.8) is 0 Å². The largest absolute Gasteiger partial charge is 0.471 e. The van der Waals surface area contributed by atoms with E-state index in [0.29, 0.717) is 0 Å². The first-order valence-corrected chi connectivity index (χ1v) is 4.06. The summed E-state index contributed by atoms with van der Waals surface area (Å²) in [5.41, 5.74) is 4.72. The normalized spacial score (nSPS) is 11.2. The van der Waals surface area contributed by atoms with Crippen LogP contribution >= 0.6 is 7.82 Å². The number of amides is 2. The van der Waals surface area contributed by atoms with E-state index in [4.69, 9.17) is 15.5 Å². The van der Waals surface area contributed by atoms with Gasteiger partial charge in [0.1, 0.15) is 6.73 Å². The Hall–Kier alpha value is -0.620. The number of hydrogen-bond donors (Lipinski definition) is 3. The van der Waals surface area contributed by atoms with Crippen LogP contribution in [0.3, 0.4) is 0 Å². The average Bonchev–Trinajstić information content (AvgIpc) is 1.80. The van der Waals surface area contributed by atoms with Crippen LogP contribution < -0.4 is 5.73 Å². The molecule has 7 nitrogen and oxygen atoms in total. The third-order valence-corrected chi connectivity index (χ3v) is 1.25. The van der Waals surface area contributed by atoms with Crippen molar-refractivity contribution >= 4 is 13.9 Å². The van der Waals surface area contributed by atoms with E-state index in [2.05, 4.69) is 4.52 Å². The minimum atomic E-state index is -4.51. The van der Waals surface area contributed by atoms with Crippen LogP contribution in [0, 0.1) is 0 Å². The van der Waals surface area contributed by atoms with E-state index in [-0.39, 0.29) is 0 Å². The van der Waals surface area contributed by atoms with Crippen molar-refractivity contribution in [2.45, 2.75) is 0 Å². The van der Waals surface area contributed by atoms with Gasteiger partial charge in [0.15, 0.2) is 0 Å². The summed E-state index contributed by atoms with van der Waals surface area (Å²) in [6.07, 6.45) is 0. The van der Waals surface area contributed by atoms with Crippen LogP contribution in [0.5, 0.6) is 0 Å². The highest BCUT2D eigenvalue weighted by Crippen LogP contribution is 2.35. The maximum atomic E-state index is 10.2. The van der Waals surface area contributed by atoms with Gasteiger partial charge in [0, 0.05) is 7.05 Å². The van der Waals surface area contributed by atoms with E-state index in [9.17, 15) is 9.36 Å². The van der Waals surface area contributed by atoms with Crippen molar-refractivity contribution in [1.82, 2.24) is 4.90 Å². The fourth-order valence-corrected chi connectivity index (χ4v) is 0.549. The van der Waals surface area contributed by atoms with Gasteiger partial charge in [-0.25, -0.2) is 9.36 Å². The van der Waals surface area contributed by atoms with Gasteiger partial charge in [0.2, 0.25) is 0 Å². The second-order valence-electron chi connectivity index (χ2n) is 1.78. The molecule has 0 heterocycles. The molecule has 2 amide bonds. The maximum Gasteiger partial charge on any atom is 0.471 e. The summed E-state index contributed by atoms with van der Waals surface area (Å²) in [6.45, 7) is -0.528. The minimum absolute atomic E-state index is 0.528.